The number of fused-ring (bicyclic) bond motifs is 5. The number of ketones is 1. The number of nitrogens with zero attached hydrogens (tertiary/aromatic N) is 1. The molecular formula is C18H27NO2. The van der Waals surface area contributed by atoms with Gasteiger partial charge in [0.1, 0.15) is 12.0 Å². The first-order valence-corrected chi connectivity index (χ1v) is 8.71. The Bertz CT molecular complexity index is 513. The van der Waals surface area contributed by atoms with Crippen LogP contribution in [0.2, 0.25) is 0 Å². The second kappa shape index (κ2) is 4.41. The lowest BCUT2D eigenvalue weighted by molar-refractivity contribution is -0.121. The smallest absolute Gasteiger partial charge is 0.148 e. The molecule has 3 saturated carbocycles. The highest BCUT2D eigenvalue weighted by atomic mass is 16.3. The normalized spacial score (nSPS) is 52.7. The molecule has 1 heterocycles. The first-order valence-electron chi connectivity index (χ1n) is 8.71. The van der Waals surface area contributed by atoms with Gasteiger partial charge in [-0.3, -0.25) is 9.79 Å². The SMILES string of the molecule is C[C@@]12CCC[C@H]1[C@@H]1C(O)N=C3CC(=O)CC[C@]3(C)[C@@H]1CC2. The minimum Gasteiger partial charge on any atom is -0.371 e. The minimum atomic E-state index is -0.563. The van der Waals surface area contributed by atoms with E-state index in [1.807, 2.05) is 0 Å². The molecule has 1 unspecified atom stereocenters. The van der Waals surface area contributed by atoms with Crippen molar-refractivity contribution in [3.05, 3.63) is 0 Å². The Morgan fingerprint density at radius 1 is 1.14 bits per heavy atom. The maximum absolute atomic E-state index is 11.8. The number of aliphatic imine (C=N–C) groups is 1. The van der Waals surface area contributed by atoms with Crippen LogP contribution in [0, 0.1) is 28.6 Å². The third-order valence-electron chi connectivity index (χ3n) is 7.51. The van der Waals surface area contributed by atoms with Gasteiger partial charge in [0.25, 0.3) is 0 Å². The van der Waals surface area contributed by atoms with Gasteiger partial charge in [-0.25, -0.2) is 0 Å². The molecule has 21 heavy (non-hydrogen) atoms. The van der Waals surface area contributed by atoms with Gasteiger partial charge in [-0.15, -0.1) is 0 Å². The number of rotatable bonds is 0. The number of aliphatic hydroxyl groups is 1. The van der Waals surface area contributed by atoms with Gasteiger partial charge in [-0.1, -0.05) is 20.3 Å². The van der Waals surface area contributed by atoms with Gasteiger partial charge in [0, 0.05) is 29.9 Å². The summed E-state index contributed by atoms with van der Waals surface area (Å²) in [5, 5.41) is 10.7. The fraction of sp³-hybridized carbons (Fsp3) is 0.889. The van der Waals surface area contributed by atoms with Gasteiger partial charge < -0.3 is 5.11 Å². The van der Waals surface area contributed by atoms with E-state index >= 15 is 0 Å². The first-order chi connectivity index (χ1) is 9.94. The fourth-order valence-corrected chi connectivity index (χ4v) is 6.20. The molecule has 1 aliphatic heterocycles. The average Bonchev–Trinajstić information content (AvgIpc) is 2.82. The molecule has 3 fully saturated rings. The van der Waals surface area contributed by atoms with Gasteiger partial charge in [0.15, 0.2) is 0 Å². The number of carbonyl (C=O) groups excluding carboxylic acids is 1. The van der Waals surface area contributed by atoms with Crippen molar-refractivity contribution in [3.63, 3.8) is 0 Å². The molecule has 0 aromatic carbocycles. The van der Waals surface area contributed by atoms with Crippen molar-refractivity contribution < 1.29 is 9.90 Å². The van der Waals surface area contributed by atoms with Crippen LogP contribution in [0.1, 0.15) is 65.2 Å². The number of hydrogen-bond donors (Lipinski definition) is 1. The van der Waals surface area contributed by atoms with Crippen molar-refractivity contribution in [2.75, 3.05) is 0 Å². The zero-order chi connectivity index (χ0) is 14.8. The lowest BCUT2D eigenvalue weighted by Crippen LogP contribution is -2.56. The van der Waals surface area contributed by atoms with Crippen LogP contribution in [0.4, 0.5) is 0 Å². The molecule has 0 bridgehead atoms. The van der Waals surface area contributed by atoms with E-state index in [-0.39, 0.29) is 5.41 Å². The van der Waals surface area contributed by atoms with Gasteiger partial charge in [-0.05, 0) is 49.4 Å². The molecule has 116 valence electrons. The predicted molar refractivity (Wildman–Crippen MR) is 82.1 cm³/mol. The summed E-state index contributed by atoms with van der Waals surface area (Å²) >= 11 is 0. The first kappa shape index (κ1) is 13.9. The standard InChI is InChI=1S/C18H27NO2/c1-17-7-3-4-12(17)15-13(6-8-17)18(2)9-5-11(20)10-14(18)19-16(15)21/h12-13,15-16,21H,3-10H2,1-2H3/t12-,13+,15-,16?,17-,18+/m0/s1. The quantitative estimate of drug-likeness (QED) is 0.743. The largest absolute Gasteiger partial charge is 0.371 e. The van der Waals surface area contributed by atoms with Crippen LogP contribution in [0.15, 0.2) is 4.99 Å². The third-order valence-corrected chi connectivity index (χ3v) is 7.51. The van der Waals surface area contributed by atoms with Gasteiger partial charge in [0.2, 0.25) is 0 Å². The summed E-state index contributed by atoms with van der Waals surface area (Å²) in [4.78, 5) is 16.5. The third kappa shape index (κ3) is 1.82. The van der Waals surface area contributed by atoms with E-state index < -0.39 is 6.23 Å². The Morgan fingerprint density at radius 3 is 2.76 bits per heavy atom. The molecule has 4 rings (SSSR count). The number of Topliss-reactive ketones (excluding diaryl/α,β-unsaturated/α-hetero) is 1. The van der Waals surface area contributed by atoms with E-state index in [2.05, 4.69) is 18.8 Å². The number of hydrogen-bond acceptors (Lipinski definition) is 3. The van der Waals surface area contributed by atoms with Crippen molar-refractivity contribution in [3.8, 4) is 0 Å². The fourth-order valence-electron chi connectivity index (χ4n) is 6.20. The van der Waals surface area contributed by atoms with Crippen molar-refractivity contribution in [1.82, 2.24) is 0 Å². The molecule has 3 aliphatic carbocycles. The van der Waals surface area contributed by atoms with E-state index in [0.717, 1.165) is 12.1 Å². The Morgan fingerprint density at radius 2 is 1.95 bits per heavy atom. The molecule has 3 heteroatoms. The predicted octanol–water partition coefficient (Wildman–Crippen LogP) is 3.35. The maximum atomic E-state index is 11.8. The highest BCUT2D eigenvalue weighted by Crippen LogP contribution is 2.62. The monoisotopic (exact) mass is 289 g/mol. The Labute approximate surface area is 127 Å². The Hall–Kier alpha value is -0.700. The summed E-state index contributed by atoms with van der Waals surface area (Å²) in [7, 11) is 0. The van der Waals surface area contributed by atoms with Gasteiger partial charge in [0.05, 0.1) is 0 Å². The van der Waals surface area contributed by atoms with Crippen molar-refractivity contribution in [1.29, 1.82) is 0 Å². The zero-order valence-corrected chi connectivity index (χ0v) is 13.3. The molecule has 1 N–H and O–H groups in total. The Kier molecular flexibility index (Phi) is 2.92. The highest BCUT2D eigenvalue weighted by molar-refractivity contribution is 6.07. The van der Waals surface area contributed by atoms with Crippen LogP contribution >= 0.6 is 0 Å². The van der Waals surface area contributed by atoms with Crippen LogP contribution in [-0.4, -0.2) is 22.8 Å². The maximum Gasteiger partial charge on any atom is 0.148 e. The molecule has 3 nitrogen and oxygen atoms in total. The molecule has 0 aromatic heterocycles. The second-order valence-electron chi connectivity index (χ2n) is 8.50. The topological polar surface area (TPSA) is 49.7 Å². The summed E-state index contributed by atoms with van der Waals surface area (Å²) in [6.07, 6.45) is 7.96. The summed E-state index contributed by atoms with van der Waals surface area (Å²) in [5.74, 6) is 1.79. The van der Waals surface area contributed by atoms with Crippen molar-refractivity contribution in [2.45, 2.75) is 71.4 Å². The molecule has 0 saturated heterocycles. The van der Waals surface area contributed by atoms with Crippen molar-refractivity contribution >= 4 is 11.5 Å². The van der Waals surface area contributed by atoms with E-state index in [0.29, 0.717) is 41.8 Å². The number of carbonyl (C=O) groups is 1. The lowest BCUT2D eigenvalue weighted by atomic mass is 9.50. The van der Waals surface area contributed by atoms with Crippen LogP contribution in [0.5, 0.6) is 0 Å². The zero-order valence-electron chi connectivity index (χ0n) is 13.3. The molecule has 0 aromatic rings. The molecule has 0 spiro atoms. The minimum absolute atomic E-state index is 0.0712. The van der Waals surface area contributed by atoms with E-state index in [4.69, 9.17) is 0 Å². The molecule has 6 atom stereocenters. The number of aliphatic hydroxyl groups excluding tert-OH is 1. The van der Waals surface area contributed by atoms with Gasteiger partial charge in [-0.2, -0.15) is 0 Å². The van der Waals surface area contributed by atoms with Crippen LogP contribution < -0.4 is 0 Å². The van der Waals surface area contributed by atoms with E-state index in [1.54, 1.807) is 0 Å². The molecule has 0 radical (unpaired) electrons. The molecular weight excluding hydrogens is 262 g/mol. The summed E-state index contributed by atoms with van der Waals surface area (Å²) in [6.45, 7) is 4.75. The van der Waals surface area contributed by atoms with E-state index in [9.17, 15) is 9.90 Å². The van der Waals surface area contributed by atoms with E-state index in [1.165, 1.54) is 32.1 Å². The summed E-state index contributed by atoms with van der Waals surface area (Å²) < 4.78 is 0. The highest BCUT2D eigenvalue weighted by Gasteiger charge is 2.59. The average molecular weight is 289 g/mol. The second-order valence-corrected chi connectivity index (χ2v) is 8.50. The Balaban J connectivity index is 1.75. The van der Waals surface area contributed by atoms with Gasteiger partial charge >= 0.3 is 0 Å². The summed E-state index contributed by atoms with van der Waals surface area (Å²) in [6, 6.07) is 0. The lowest BCUT2D eigenvalue weighted by Gasteiger charge is -2.56. The molecule has 4 aliphatic rings. The van der Waals surface area contributed by atoms with Crippen molar-refractivity contribution in [2.24, 2.45) is 33.6 Å². The van der Waals surface area contributed by atoms with Crippen LogP contribution in [0.3, 0.4) is 0 Å². The summed E-state index contributed by atoms with van der Waals surface area (Å²) in [5.41, 5.74) is 1.51. The van der Waals surface area contributed by atoms with Crippen LogP contribution in [-0.2, 0) is 4.79 Å². The van der Waals surface area contributed by atoms with Crippen LogP contribution in [0.25, 0.3) is 0 Å². The molecule has 0 amide bonds.